The van der Waals surface area contributed by atoms with E-state index in [2.05, 4.69) is 26.5 Å². The van der Waals surface area contributed by atoms with Gasteiger partial charge in [0.25, 0.3) is 5.91 Å². The predicted molar refractivity (Wildman–Crippen MR) is 99.4 cm³/mol. The zero-order valence-corrected chi connectivity index (χ0v) is 15.9. The lowest BCUT2D eigenvalue weighted by atomic mass is 10.0. The third-order valence-electron chi connectivity index (χ3n) is 4.39. The first-order valence-corrected chi connectivity index (χ1v) is 8.66. The molecule has 29 heavy (non-hydrogen) atoms. The van der Waals surface area contributed by atoms with E-state index in [0.717, 1.165) is 0 Å². The number of amides is 1. The Morgan fingerprint density at radius 1 is 1.31 bits per heavy atom. The lowest BCUT2D eigenvalue weighted by Gasteiger charge is -2.27. The normalized spacial score (nSPS) is 13.5. The number of nitriles is 1. The summed E-state index contributed by atoms with van der Waals surface area (Å²) in [5.41, 5.74) is 1.66. The number of methoxy groups -OCH3 is 1. The zero-order chi connectivity index (χ0) is 21.2. The first-order chi connectivity index (χ1) is 13.7. The molecule has 0 saturated carbocycles. The van der Waals surface area contributed by atoms with Crippen LogP contribution in [0.2, 0.25) is 0 Å². The number of hydrogen-bond acceptors (Lipinski definition) is 6. The van der Waals surface area contributed by atoms with Gasteiger partial charge in [0.05, 0.1) is 36.5 Å². The van der Waals surface area contributed by atoms with Crippen molar-refractivity contribution in [3.05, 3.63) is 47.9 Å². The Morgan fingerprint density at radius 3 is 2.59 bits per heavy atom. The average molecular weight is 400 g/mol. The molecule has 0 aliphatic rings. The Labute approximate surface area is 165 Å². The minimum absolute atomic E-state index is 0.147. The summed E-state index contributed by atoms with van der Waals surface area (Å²) < 4.78 is 33.4. The maximum absolute atomic E-state index is 13.4. The van der Waals surface area contributed by atoms with E-state index in [0.29, 0.717) is 29.0 Å². The number of aromatic nitrogens is 4. The SMILES string of the molecule is COc1ncc([C@H](C(C)NC(=O)C(C)(F)F)n2ncc3cc(C#N)ccc32)cn1. The lowest BCUT2D eigenvalue weighted by Crippen LogP contribution is -2.46. The summed E-state index contributed by atoms with van der Waals surface area (Å²) in [6.07, 6.45) is 4.54. The average Bonchev–Trinajstić information content (AvgIpc) is 3.10. The summed E-state index contributed by atoms with van der Waals surface area (Å²) in [6.45, 7) is 2.13. The molecule has 2 aromatic heterocycles. The number of nitrogens with one attached hydrogen (secondary N) is 1. The Kier molecular flexibility index (Phi) is 5.41. The van der Waals surface area contributed by atoms with Crippen LogP contribution in [0, 0.1) is 11.3 Å². The number of rotatable bonds is 6. The number of carbonyl (C=O) groups excluding carboxylic acids is 1. The van der Waals surface area contributed by atoms with Gasteiger partial charge in [-0.3, -0.25) is 9.48 Å². The molecule has 0 saturated heterocycles. The molecule has 1 unspecified atom stereocenters. The molecule has 1 N–H and O–H groups in total. The Morgan fingerprint density at radius 2 is 2.00 bits per heavy atom. The highest BCUT2D eigenvalue weighted by molar-refractivity contribution is 5.83. The van der Waals surface area contributed by atoms with E-state index in [1.165, 1.54) is 19.5 Å². The quantitative estimate of drug-likeness (QED) is 0.681. The highest BCUT2D eigenvalue weighted by Gasteiger charge is 2.35. The summed E-state index contributed by atoms with van der Waals surface area (Å²) in [4.78, 5) is 20.0. The van der Waals surface area contributed by atoms with Crippen LogP contribution in [-0.2, 0) is 4.79 Å². The third-order valence-corrected chi connectivity index (χ3v) is 4.39. The third kappa shape index (κ3) is 4.13. The number of hydrogen-bond donors (Lipinski definition) is 1. The summed E-state index contributed by atoms with van der Waals surface area (Å²) in [6, 6.07) is 5.76. The molecule has 0 aliphatic heterocycles. The number of alkyl halides is 2. The number of ether oxygens (including phenoxy) is 1. The van der Waals surface area contributed by atoms with Crippen LogP contribution < -0.4 is 10.1 Å². The van der Waals surface area contributed by atoms with Gasteiger partial charge in [0.2, 0.25) is 0 Å². The topological polar surface area (TPSA) is 106 Å². The molecule has 0 fully saturated rings. The summed E-state index contributed by atoms with van der Waals surface area (Å²) in [5, 5.41) is 16.5. The van der Waals surface area contributed by atoms with Crippen LogP contribution >= 0.6 is 0 Å². The fourth-order valence-corrected chi connectivity index (χ4v) is 2.98. The van der Waals surface area contributed by atoms with Crippen LogP contribution in [0.3, 0.4) is 0 Å². The Bertz CT molecular complexity index is 1070. The van der Waals surface area contributed by atoms with Crippen molar-refractivity contribution in [3.8, 4) is 12.1 Å². The van der Waals surface area contributed by atoms with Crippen LogP contribution in [0.15, 0.2) is 36.8 Å². The van der Waals surface area contributed by atoms with Crippen molar-refractivity contribution in [3.63, 3.8) is 0 Å². The number of nitrogens with zero attached hydrogens (tertiary/aromatic N) is 5. The summed E-state index contributed by atoms with van der Waals surface area (Å²) in [7, 11) is 1.42. The number of fused-ring (bicyclic) bond motifs is 1. The van der Waals surface area contributed by atoms with E-state index in [1.54, 1.807) is 36.0 Å². The van der Waals surface area contributed by atoms with E-state index in [9.17, 15) is 13.6 Å². The molecule has 0 bridgehead atoms. The van der Waals surface area contributed by atoms with E-state index in [4.69, 9.17) is 10.00 Å². The molecule has 3 rings (SSSR count). The maximum atomic E-state index is 13.4. The van der Waals surface area contributed by atoms with Crippen molar-refractivity contribution in [2.45, 2.75) is 31.9 Å². The second-order valence-corrected chi connectivity index (χ2v) is 6.57. The van der Waals surface area contributed by atoms with Gasteiger partial charge in [-0.25, -0.2) is 9.97 Å². The van der Waals surface area contributed by atoms with Gasteiger partial charge < -0.3 is 10.1 Å². The van der Waals surface area contributed by atoms with Crippen molar-refractivity contribution in [2.24, 2.45) is 0 Å². The van der Waals surface area contributed by atoms with Crippen LogP contribution in [0.5, 0.6) is 6.01 Å². The molecular formula is C19H18F2N6O2. The number of halogens is 2. The van der Waals surface area contributed by atoms with E-state index >= 15 is 0 Å². The van der Waals surface area contributed by atoms with Crippen molar-refractivity contribution in [1.82, 2.24) is 25.1 Å². The van der Waals surface area contributed by atoms with Crippen LogP contribution in [0.4, 0.5) is 8.78 Å². The van der Waals surface area contributed by atoms with Gasteiger partial charge in [-0.05, 0) is 25.1 Å². The van der Waals surface area contributed by atoms with Crippen molar-refractivity contribution >= 4 is 16.8 Å². The first kappa shape index (κ1) is 20.1. The minimum atomic E-state index is -3.52. The van der Waals surface area contributed by atoms with Gasteiger partial charge in [0.15, 0.2) is 0 Å². The standard InChI is InChI=1S/C19H18F2N6O2/c1-11(26-17(28)19(2,20)21)16(14-8-23-18(29-3)24-9-14)27-15-5-4-12(7-22)6-13(15)10-25-27/h4-6,8-11,16H,1-3H3,(H,26,28)/t11?,16-/m0/s1. The molecule has 1 amide bonds. The van der Waals surface area contributed by atoms with Gasteiger partial charge >= 0.3 is 11.9 Å². The summed E-state index contributed by atoms with van der Waals surface area (Å²) >= 11 is 0. The van der Waals surface area contributed by atoms with Crippen molar-refractivity contribution in [1.29, 1.82) is 5.26 Å². The minimum Gasteiger partial charge on any atom is -0.467 e. The summed E-state index contributed by atoms with van der Waals surface area (Å²) in [5.74, 6) is -4.92. The molecule has 150 valence electrons. The molecule has 3 aromatic rings. The van der Waals surface area contributed by atoms with Gasteiger partial charge in [-0.1, -0.05) is 0 Å². The van der Waals surface area contributed by atoms with Gasteiger partial charge in [-0.2, -0.15) is 19.1 Å². The number of benzene rings is 1. The molecule has 0 aliphatic carbocycles. The highest BCUT2D eigenvalue weighted by atomic mass is 19.3. The van der Waals surface area contributed by atoms with E-state index < -0.39 is 23.9 Å². The monoisotopic (exact) mass is 400 g/mol. The number of carbonyl (C=O) groups is 1. The van der Waals surface area contributed by atoms with Gasteiger partial charge in [-0.15, -0.1) is 0 Å². The van der Waals surface area contributed by atoms with Crippen LogP contribution in [-0.4, -0.2) is 44.7 Å². The van der Waals surface area contributed by atoms with E-state index in [-0.39, 0.29) is 6.01 Å². The van der Waals surface area contributed by atoms with Crippen LogP contribution in [0.1, 0.15) is 31.0 Å². The fraction of sp³-hybridized carbons (Fsp3) is 0.316. The molecule has 0 spiro atoms. The van der Waals surface area contributed by atoms with Gasteiger partial charge in [0, 0.05) is 30.3 Å². The molecule has 2 atom stereocenters. The molecular weight excluding hydrogens is 382 g/mol. The second kappa shape index (κ2) is 7.79. The largest absolute Gasteiger partial charge is 0.467 e. The van der Waals surface area contributed by atoms with Crippen molar-refractivity contribution < 1.29 is 18.3 Å². The second-order valence-electron chi connectivity index (χ2n) is 6.57. The van der Waals surface area contributed by atoms with Gasteiger partial charge in [0.1, 0.15) is 6.04 Å². The molecule has 8 nitrogen and oxygen atoms in total. The smallest absolute Gasteiger partial charge is 0.321 e. The highest BCUT2D eigenvalue weighted by Crippen LogP contribution is 2.27. The van der Waals surface area contributed by atoms with Crippen LogP contribution in [0.25, 0.3) is 10.9 Å². The fourth-order valence-electron chi connectivity index (χ4n) is 2.98. The molecule has 0 radical (unpaired) electrons. The van der Waals surface area contributed by atoms with Crippen molar-refractivity contribution in [2.75, 3.05) is 7.11 Å². The molecule has 10 heteroatoms. The molecule has 1 aromatic carbocycles. The Hall–Kier alpha value is -3.61. The lowest BCUT2D eigenvalue weighted by molar-refractivity contribution is -0.143. The molecule has 2 heterocycles. The predicted octanol–water partition coefficient (Wildman–Crippen LogP) is 2.46. The maximum Gasteiger partial charge on any atom is 0.321 e. The Balaban J connectivity index is 2.07. The zero-order valence-electron chi connectivity index (χ0n) is 15.9. The first-order valence-electron chi connectivity index (χ1n) is 8.66. The van der Waals surface area contributed by atoms with E-state index in [1.807, 2.05) is 0 Å².